The van der Waals surface area contributed by atoms with E-state index in [-0.39, 0.29) is 5.76 Å². The highest BCUT2D eigenvalue weighted by molar-refractivity contribution is 5.84. The summed E-state index contributed by atoms with van der Waals surface area (Å²) in [5.74, 6) is 4.63. The van der Waals surface area contributed by atoms with Gasteiger partial charge in [-0.3, -0.25) is 0 Å². The largest absolute Gasteiger partial charge is 0.475 e. The van der Waals surface area contributed by atoms with Gasteiger partial charge in [-0.25, -0.2) is 4.79 Å². The normalized spacial score (nSPS) is 9.00. The maximum atomic E-state index is 10.4. The Morgan fingerprint density at radius 3 is 3.00 bits per heavy atom. The third-order valence-electron chi connectivity index (χ3n) is 1.29. The summed E-state index contributed by atoms with van der Waals surface area (Å²) in [5, 5.41) is 11.4. The zero-order valence-corrected chi connectivity index (χ0v) is 7.13. The van der Waals surface area contributed by atoms with Gasteiger partial charge in [-0.1, -0.05) is 5.92 Å². The molecule has 1 aromatic heterocycles. The number of hydrogen-bond donors (Lipinski definition) is 2. The van der Waals surface area contributed by atoms with E-state index in [1.165, 1.54) is 12.1 Å². The van der Waals surface area contributed by atoms with Gasteiger partial charge in [0.15, 0.2) is 5.76 Å². The molecule has 2 N–H and O–H groups in total. The van der Waals surface area contributed by atoms with Crippen molar-refractivity contribution in [3.05, 3.63) is 23.7 Å². The molecular formula is C9H9NO3. The minimum absolute atomic E-state index is 0.0891. The van der Waals surface area contributed by atoms with Crippen LogP contribution < -0.4 is 5.32 Å². The fraction of sp³-hybridized carbons (Fsp3) is 0.222. The molecule has 0 saturated heterocycles. The fourth-order valence-corrected chi connectivity index (χ4v) is 0.740. The van der Waals surface area contributed by atoms with Crippen LogP contribution in [0.5, 0.6) is 0 Å². The van der Waals surface area contributed by atoms with Crippen molar-refractivity contribution < 1.29 is 14.3 Å². The Morgan fingerprint density at radius 2 is 2.46 bits per heavy atom. The molecule has 1 rings (SSSR count). The second-order valence-electron chi connectivity index (χ2n) is 2.30. The van der Waals surface area contributed by atoms with E-state index < -0.39 is 5.97 Å². The van der Waals surface area contributed by atoms with Gasteiger partial charge < -0.3 is 14.8 Å². The van der Waals surface area contributed by atoms with Crippen LogP contribution in [-0.2, 0) is 0 Å². The average Bonchev–Trinajstić information content (AvgIpc) is 2.53. The van der Waals surface area contributed by atoms with Crippen LogP contribution in [0, 0.1) is 11.8 Å². The van der Waals surface area contributed by atoms with Gasteiger partial charge in [-0.15, -0.1) is 0 Å². The average molecular weight is 179 g/mol. The molecule has 0 aliphatic carbocycles. The standard InChI is InChI=1S/C9H9NO3/c1-10-6-2-3-7-4-5-8(13-7)9(11)12/h4-5,10H,6H2,1H3,(H,11,12). The number of carboxylic acids is 1. The molecule has 68 valence electrons. The summed E-state index contributed by atoms with van der Waals surface area (Å²) in [4.78, 5) is 10.4. The monoisotopic (exact) mass is 179 g/mol. The number of carbonyl (C=O) groups is 1. The SMILES string of the molecule is CNCC#Cc1ccc(C(=O)O)o1. The molecule has 0 aliphatic rings. The molecule has 0 fully saturated rings. The van der Waals surface area contributed by atoms with Crippen LogP contribution in [0.15, 0.2) is 16.5 Å². The Kier molecular flexibility index (Phi) is 3.12. The lowest BCUT2D eigenvalue weighted by Gasteiger charge is -1.84. The molecule has 1 heterocycles. The lowest BCUT2D eigenvalue weighted by atomic mass is 10.4. The van der Waals surface area contributed by atoms with Crippen molar-refractivity contribution in [2.75, 3.05) is 13.6 Å². The number of hydrogen-bond acceptors (Lipinski definition) is 3. The Balaban J connectivity index is 2.71. The first kappa shape index (κ1) is 9.36. The van der Waals surface area contributed by atoms with Gasteiger partial charge >= 0.3 is 5.97 Å². The van der Waals surface area contributed by atoms with E-state index in [2.05, 4.69) is 17.2 Å². The van der Waals surface area contributed by atoms with Crippen molar-refractivity contribution in [3.63, 3.8) is 0 Å². The third-order valence-corrected chi connectivity index (χ3v) is 1.29. The van der Waals surface area contributed by atoms with Crippen LogP contribution in [0.3, 0.4) is 0 Å². The first-order valence-corrected chi connectivity index (χ1v) is 3.70. The Hall–Kier alpha value is -1.73. The number of carboxylic acid groups (broad SMARTS) is 1. The molecule has 0 spiro atoms. The van der Waals surface area contributed by atoms with Gasteiger partial charge in [-0.2, -0.15) is 0 Å². The van der Waals surface area contributed by atoms with Crippen LogP contribution in [-0.4, -0.2) is 24.7 Å². The fourth-order valence-electron chi connectivity index (χ4n) is 0.740. The van der Waals surface area contributed by atoms with Gasteiger partial charge in [0.2, 0.25) is 5.76 Å². The smallest absolute Gasteiger partial charge is 0.371 e. The van der Waals surface area contributed by atoms with Crippen molar-refractivity contribution >= 4 is 5.97 Å². The van der Waals surface area contributed by atoms with Gasteiger partial charge in [0, 0.05) is 0 Å². The lowest BCUT2D eigenvalue weighted by molar-refractivity contribution is 0.0662. The van der Waals surface area contributed by atoms with Crippen molar-refractivity contribution in [1.82, 2.24) is 5.32 Å². The van der Waals surface area contributed by atoms with Crippen LogP contribution in [0.25, 0.3) is 0 Å². The summed E-state index contributed by atoms with van der Waals surface area (Å²) in [5.41, 5.74) is 0. The van der Waals surface area contributed by atoms with E-state index in [1.807, 2.05) is 0 Å². The highest BCUT2D eigenvalue weighted by Gasteiger charge is 2.06. The second-order valence-corrected chi connectivity index (χ2v) is 2.30. The molecule has 4 nitrogen and oxygen atoms in total. The van der Waals surface area contributed by atoms with Crippen molar-refractivity contribution in [1.29, 1.82) is 0 Å². The molecule has 1 aromatic rings. The zero-order valence-electron chi connectivity index (χ0n) is 7.13. The highest BCUT2D eigenvalue weighted by Crippen LogP contribution is 2.05. The Bertz CT molecular complexity index is 356. The molecule has 0 aromatic carbocycles. The molecule has 0 radical (unpaired) electrons. The molecular weight excluding hydrogens is 170 g/mol. The van der Waals surface area contributed by atoms with E-state index in [0.29, 0.717) is 12.3 Å². The molecule has 0 atom stereocenters. The molecule has 0 amide bonds. The molecule has 0 unspecified atom stereocenters. The highest BCUT2D eigenvalue weighted by atomic mass is 16.4. The van der Waals surface area contributed by atoms with E-state index in [1.54, 1.807) is 7.05 Å². The van der Waals surface area contributed by atoms with Gasteiger partial charge in [0.25, 0.3) is 0 Å². The van der Waals surface area contributed by atoms with Gasteiger partial charge in [0.05, 0.1) is 6.54 Å². The maximum Gasteiger partial charge on any atom is 0.371 e. The summed E-state index contributed by atoms with van der Waals surface area (Å²) in [6.07, 6.45) is 0. The summed E-state index contributed by atoms with van der Waals surface area (Å²) in [6, 6.07) is 2.91. The summed E-state index contributed by atoms with van der Waals surface area (Å²) >= 11 is 0. The molecule has 0 saturated carbocycles. The molecule has 0 bridgehead atoms. The van der Waals surface area contributed by atoms with E-state index in [4.69, 9.17) is 9.52 Å². The van der Waals surface area contributed by atoms with E-state index in [0.717, 1.165) is 0 Å². The first-order valence-electron chi connectivity index (χ1n) is 3.70. The summed E-state index contributed by atoms with van der Waals surface area (Å²) < 4.78 is 4.89. The summed E-state index contributed by atoms with van der Waals surface area (Å²) in [6.45, 7) is 0.545. The Morgan fingerprint density at radius 1 is 1.69 bits per heavy atom. The summed E-state index contributed by atoms with van der Waals surface area (Å²) in [7, 11) is 1.78. The zero-order chi connectivity index (χ0) is 9.68. The van der Waals surface area contributed by atoms with Gasteiger partial charge in [0.1, 0.15) is 0 Å². The second kappa shape index (κ2) is 4.33. The topological polar surface area (TPSA) is 62.5 Å². The quantitative estimate of drug-likeness (QED) is 0.651. The maximum absolute atomic E-state index is 10.4. The molecule has 4 heteroatoms. The first-order chi connectivity index (χ1) is 6.24. The minimum Gasteiger partial charge on any atom is -0.475 e. The van der Waals surface area contributed by atoms with E-state index >= 15 is 0 Å². The van der Waals surface area contributed by atoms with Crippen LogP contribution >= 0.6 is 0 Å². The molecule has 0 aliphatic heterocycles. The number of furan rings is 1. The predicted octanol–water partition coefficient (Wildman–Crippen LogP) is 0.549. The Labute approximate surface area is 75.6 Å². The van der Waals surface area contributed by atoms with Crippen molar-refractivity contribution in [2.24, 2.45) is 0 Å². The lowest BCUT2D eigenvalue weighted by Crippen LogP contribution is -2.04. The van der Waals surface area contributed by atoms with E-state index in [9.17, 15) is 4.79 Å². The minimum atomic E-state index is -1.08. The predicted molar refractivity (Wildman–Crippen MR) is 46.5 cm³/mol. The number of rotatable bonds is 2. The number of nitrogens with one attached hydrogen (secondary N) is 1. The molecule has 13 heavy (non-hydrogen) atoms. The van der Waals surface area contributed by atoms with Crippen LogP contribution in [0.4, 0.5) is 0 Å². The van der Waals surface area contributed by atoms with Crippen molar-refractivity contribution in [3.8, 4) is 11.8 Å². The van der Waals surface area contributed by atoms with Crippen molar-refractivity contribution in [2.45, 2.75) is 0 Å². The number of aromatic carboxylic acids is 1. The van der Waals surface area contributed by atoms with Crippen LogP contribution in [0.1, 0.15) is 16.3 Å². The van der Waals surface area contributed by atoms with Crippen LogP contribution in [0.2, 0.25) is 0 Å². The van der Waals surface area contributed by atoms with Gasteiger partial charge in [-0.05, 0) is 25.1 Å². The third kappa shape index (κ3) is 2.65.